The second-order valence-electron chi connectivity index (χ2n) is 5.58. The molecule has 3 N–H and O–H groups in total. The van der Waals surface area contributed by atoms with E-state index in [1.54, 1.807) is 0 Å². The van der Waals surface area contributed by atoms with Crippen molar-refractivity contribution in [3.63, 3.8) is 0 Å². The first-order valence-corrected chi connectivity index (χ1v) is 6.86. The van der Waals surface area contributed by atoms with Crippen molar-refractivity contribution < 1.29 is 4.74 Å². The highest BCUT2D eigenvalue weighted by atomic mass is 16.5. The number of nitrogens with two attached hydrogens (primary N) is 1. The molecule has 2 atom stereocenters. The van der Waals surface area contributed by atoms with Gasteiger partial charge in [-0.1, -0.05) is 6.92 Å². The quantitative estimate of drug-likeness (QED) is 0.769. The lowest BCUT2D eigenvalue weighted by Gasteiger charge is -2.32. The highest BCUT2D eigenvalue weighted by molar-refractivity contribution is 4.84. The van der Waals surface area contributed by atoms with Gasteiger partial charge in [0.05, 0.1) is 12.7 Å². The summed E-state index contributed by atoms with van der Waals surface area (Å²) in [6.45, 7) is 4.25. The Kier molecular flexibility index (Phi) is 4.62. The first-order chi connectivity index (χ1) is 7.75. The maximum Gasteiger partial charge on any atom is 0.0638 e. The van der Waals surface area contributed by atoms with Gasteiger partial charge in [0.1, 0.15) is 0 Å². The standard InChI is InChI=1S/C13H26N2O/c1-10-4-6-11(7-5-10)16-9-13-12(14)3-2-8-15-13/h10-13,15H,2-9,14H2,1H3. The lowest BCUT2D eigenvalue weighted by atomic mass is 9.89. The smallest absolute Gasteiger partial charge is 0.0638 e. The van der Waals surface area contributed by atoms with E-state index in [1.807, 2.05) is 0 Å². The van der Waals surface area contributed by atoms with Crippen LogP contribution in [0, 0.1) is 5.92 Å². The number of piperidine rings is 1. The van der Waals surface area contributed by atoms with E-state index >= 15 is 0 Å². The Morgan fingerprint density at radius 1 is 1.19 bits per heavy atom. The van der Waals surface area contributed by atoms with Gasteiger partial charge in [-0.25, -0.2) is 0 Å². The Hall–Kier alpha value is -0.120. The summed E-state index contributed by atoms with van der Waals surface area (Å²) in [5.74, 6) is 0.898. The summed E-state index contributed by atoms with van der Waals surface area (Å²) >= 11 is 0. The molecule has 3 heteroatoms. The van der Waals surface area contributed by atoms with E-state index in [9.17, 15) is 0 Å². The molecule has 3 nitrogen and oxygen atoms in total. The fourth-order valence-corrected chi connectivity index (χ4v) is 2.80. The van der Waals surface area contributed by atoms with Gasteiger partial charge in [0.15, 0.2) is 0 Å². The van der Waals surface area contributed by atoms with Crippen molar-refractivity contribution in [3.05, 3.63) is 0 Å². The van der Waals surface area contributed by atoms with Crippen LogP contribution in [0.15, 0.2) is 0 Å². The third-order valence-electron chi connectivity index (χ3n) is 4.11. The average molecular weight is 226 g/mol. The molecule has 1 aliphatic carbocycles. The molecule has 2 fully saturated rings. The molecule has 16 heavy (non-hydrogen) atoms. The van der Waals surface area contributed by atoms with E-state index < -0.39 is 0 Å². The summed E-state index contributed by atoms with van der Waals surface area (Å²) in [7, 11) is 0. The van der Waals surface area contributed by atoms with Gasteiger partial charge in [0, 0.05) is 12.1 Å². The molecule has 1 heterocycles. The van der Waals surface area contributed by atoms with Crippen LogP contribution in [0.25, 0.3) is 0 Å². The molecule has 0 aromatic rings. The van der Waals surface area contributed by atoms with Gasteiger partial charge in [-0.15, -0.1) is 0 Å². The predicted molar refractivity (Wildman–Crippen MR) is 66.4 cm³/mol. The van der Waals surface area contributed by atoms with Gasteiger partial charge in [0.25, 0.3) is 0 Å². The summed E-state index contributed by atoms with van der Waals surface area (Å²) in [5.41, 5.74) is 6.07. The summed E-state index contributed by atoms with van der Waals surface area (Å²) in [6.07, 6.45) is 7.98. The molecule has 1 saturated heterocycles. The van der Waals surface area contributed by atoms with Crippen LogP contribution in [-0.4, -0.2) is 31.3 Å². The molecular formula is C13H26N2O. The van der Waals surface area contributed by atoms with Crippen LogP contribution in [0.3, 0.4) is 0 Å². The lowest BCUT2D eigenvalue weighted by Crippen LogP contribution is -2.52. The molecule has 0 aromatic carbocycles. The molecule has 0 bridgehead atoms. The summed E-state index contributed by atoms with van der Waals surface area (Å²) in [5, 5.41) is 3.47. The van der Waals surface area contributed by atoms with Crippen LogP contribution in [0.5, 0.6) is 0 Å². The van der Waals surface area contributed by atoms with Crippen molar-refractivity contribution >= 4 is 0 Å². The first kappa shape index (κ1) is 12.3. The Labute approximate surface area is 99.1 Å². The highest BCUT2D eigenvalue weighted by Gasteiger charge is 2.24. The predicted octanol–water partition coefficient (Wildman–Crippen LogP) is 1.66. The third kappa shape index (κ3) is 3.44. The number of hydrogen-bond donors (Lipinski definition) is 2. The Morgan fingerprint density at radius 3 is 2.62 bits per heavy atom. The minimum absolute atomic E-state index is 0.288. The van der Waals surface area contributed by atoms with Crippen molar-refractivity contribution in [2.75, 3.05) is 13.2 Å². The molecule has 0 radical (unpaired) electrons. The van der Waals surface area contributed by atoms with Crippen LogP contribution in [-0.2, 0) is 4.74 Å². The molecule has 0 spiro atoms. The fraction of sp³-hybridized carbons (Fsp3) is 1.00. The van der Waals surface area contributed by atoms with E-state index in [0.29, 0.717) is 12.1 Å². The maximum absolute atomic E-state index is 6.07. The molecular weight excluding hydrogens is 200 g/mol. The first-order valence-electron chi connectivity index (χ1n) is 6.86. The number of hydrogen-bond acceptors (Lipinski definition) is 3. The Balaban J connectivity index is 1.66. The van der Waals surface area contributed by atoms with Gasteiger partial charge in [-0.2, -0.15) is 0 Å². The monoisotopic (exact) mass is 226 g/mol. The minimum atomic E-state index is 0.288. The van der Waals surface area contributed by atoms with Crippen LogP contribution >= 0.6 is 0 Å². The van der Waals surface area contributed by atoms with Crippen molar-refractivity contribution in [2.24, 2.45) is 11.7 Å². The molecule has 1 saturated carbocycles. The van der Waals surface area contributed by atoms with E-state index in [0.717, 1.165) is 25.5 Å². The van der Waals surface area contributed by atoms with Gasteiger partial charge >= 0.3 is 0 Å². The zero-order valence-corrected chi connectivity index (χ0v) is 10.5. The van der Waals surface area contributed by atoms with Gasteiger partial charge in [-0.3, -0.25) is 0 Å². The molecule has 0 aromatic heterocycles. The molecule has 2 unspecified atom stereocenters. The Morgan fingerprint density at radius 2 is 1.94 bits per heavy atom. The molecule has 1 aliphatic heterocycles. The summed E-state index contributed by atoms with van der Waals surface area (Å²) in [4.78, 5) is 0. The fourth-order valence-electron chi connectivity index (χ4n) is 2.80. The topological polar surface area (TPSA) is 47.3 Å². The Bertz CT molecular complexity index is 202. The van der Waals surface area contributed by atoms with Crippen LogP contribution in [0.4, 0.5) is 0 Å². The van der Waals surface area contributed by atoms with Gasteiger partial charge in [-0.05, 0) is 51.0 Å². The zero-order chi connectivity index (χ0) is 11.4. The van der Waals surface area contributed by atoms with Gasteiger partial charge in [0.2, 0.25) is 0 Å². The van der Waals surface area contributed by atoms with Crippen molar-refractivity contribution in [2.45, 2.75) is 63.6 Å². The molecule has 94 valence electrons. The molecule has 2 rings (SSSR count). The second-order valence-corrected chi connectivity index (χ2v) is 5.58. The van der Waals surface area contributed by atoms with E-state index in [1.165, 1.54) is 32.1 Å². The van der Waals surface area contributed by atoms with Crippen molar-refractivity contribution in [3.8, 4) is 0 Å². The normalized spacial score (nSPS) is 40.9. The number of rotatable bonds is 3. The van der Waals surface area contributed by atoms with E-state index in [4.69, 9.17) is 10.5 Å². The third-order valence-corrected chi connectivity index (χ3v) is 4.11. The summed E-state index contributed by atoms with van der Waals surface area (Å²) < 4.78 is 6.00. The molecule has 2 aliphatic rings. The molecule has 0 amide bonds. The minimum Gasteiger partial charge on any atom is -0.377 e. The van der Waals surface area contributed by atoms with Crippen LogP contribution in [0.2, 0.25) is 0 Å². The van der Waals surface area contributed by atoms with Crippen LogP contribution in [0.1, 0.15) is 45.4 Å². The van der Waals surface area contributed by atoms with E-state index in [-0.39, 0.29) is 6.04 Å². The number of nitrogens with one attached hydrogen (secondary N) is 1. The SMILES string of the molecule is CC1CCC(OCC2NCCCC2N)CC1. The van der Waals surface area contributed by atoms with Crippen LogP contribution < -0.4 is 11.1 Å². The highest BCUT2D eigenvalue weighted by Crippen LogP contribution is 2.25. The van der Waals surface area contributed by atoms with Gasteiger partial charge < -0.3 is 15.8 Å². The second kappa shape index (κ2) is 5.99. The number of ether oxygens (including phenoxy) is 1. The maximum atomic E-state index is 6.07. The summed E-state index contributed by atoms with van der Waals surface area (Å²) in [6, 6.07) is 0.671. The van der Waals surface area contributed by atoms with E-state index in [2.05, 4.69) is 12.2 Å². The average Bonchev–Trinajstić information content (AvgIpc) is 2.30. The lowest BCUT2D eigenvalue weighted by molar-refractivity contribution is 0.00221. The largest absolute Gasteiger partial charge is 0.377 e. The zero-order valence-electron chi connectivity index (χ0n) is 10.5. The van der Waals surface area contributed by atoms with Crippen molar-refractivity contribution in [1.82, 2.24) is 5.32 Å². The van der Waals surface area contributed by atoms with Crippen molar-refractivity contribution in [1.29, 1.82) is 0 Å².